The second-order valence-electron chi connectivity index (χ2n) is 7.96. The van der Waals surface area contributed by atoms with E-state index in [9.17, 15) is 24.3 Å². The molecule has 10 nitrogen and oxygen atoms in total. The van der Waals surface area contributed by atoms with Crippen molar-refractivity contribution < 1.29 is 24.3 Å². The van der Waals surface area contributed by atoms with Gasteiger partial charge in [-0.15, -0.1) is 0 Å². The molecule has 2 aromatic carbocycles. The Balaban J connectivity index is 1.90. The predicted octanol–water partition coefficient (Wildman–Crippen LogP) is 1.32. The summed E-state index contributed by atoms with van der Waals surface area (Å²) in [5.41, 5.74) is 6.80. The third kappa shape index (κ3) is 5.40. The highest BCUT2D eigenvalue weighted by Gasteiger charge is 2.43. The van der Waals surface area contributed by atoms with Gasteiger partial charge in [0.15, 0.2) is 0 Å². The van der Waals surface area contributed by atoms with Crippen molar-refractivity contribution in [2.24, 2.45) is 5.73 Å². The van der Waals surface area contributed by atoms with E-state index in [1.54, 1.807) is 42.5 Å². The van der Waals surface area contributed by atoms with Gasteiger partial charge in [0.05, 0.1) is 19.0 Å². The number of carbonyl (C=O) groups excluding carboxylic acids is 3. The Morgan fingerprint density at radius 1 is 1.09 bits per heavy atom. The normalized spacial score (nSPS) is 16.8. The van der Waals surface area contributed by atoms with Gasteiger partial charge in [0.2, 0.25) is 0 Å². The number of nitrogens with two attached hydrogens (primary N) is 1. The fraction of sp³-hybridized carbons (Fsp3) is 0.292. The zero-order valence-corrected chi connectivity index (χ0v) is 18.7. The van der Waals surface area contributed by atoms with Crippen LogP contribution in [0.4, 0.5) is 0 Å². The van der Waals surface area contributed by atoms with Gasteiger partial charge in [-0.05, 0) is 24.1 Å². The summed E-state index contributed by atoms with van der Waals surface area (Å²) in [7, 11) is 0. The number of rotatable bonds is 9. The van der Waals surface area contributed by atoms with Crippen LogP contribution < -0.4 is 11.1 Å². The maximum absolute atomic E-state index is 13.0. The number of amidine groups is 1. The number of benzene rings is 2. The Bertz CT molecular complexity index is 1090. The molecule has 2 atom stereocenters. The van der Waals surface area contributed by atoms with Gasteiger partial charge in [-0.1, -0.05) is 49.4 Å². The molecule has 1 aliphatic heterocycles. The zero-order valence-electron chi connectivity index (χ0n) is 18.7. The average Bonchev–Trinajstić information content (AvgIpc) is 2.82. The lowest BCUT2D eigenvalue weighted by Crippen LogP contribution is -2.65. The minimum absolute atomic E-state index is 0.0608. The molecule has 0 bridgehead atoms. The van der Waals surface area contributed by atoms with Gasteiger partial charge < -0.3 is 26.0 Å². The smallest absolute Gasteiger partial charge is 0.313 e. The molecule has 3 rings (SSSR count). The third-order valence-corrected chi connectivity index (χ3v) is 5.60. The first-order valence-corrected chi connectivity index (χ1v) is 10.9. The van der Waals surface area contributed by atoms with E-state index in [1.807, 2.05) is 6.92 Å². The van der Waals surface area contributed by atoms with Crippen molar-refractivity contribution in [1.29, 1.82) is 5.41 Å². The van der Waals surface area contributed by atoms with Crippen molar-refractivity contribution in [2.75, 3.05) is 13.1 Å². The summed E-state index contributed by atoms with van der Waals surface area (Å²) in [5.74, 6) is -3.32. The van der Waals surface area contributed by atoms with E-state index in [2.05, 4.69) is 5.32 Å². The van der Waals surface area contributed by atoms with Crippen molar-refractivity contribution >= 4 is 29.5 Å². The number of hydrogen-bond donors (Lipinski definition) is 4. The molecule has 0 spiro atoms. The number of carboxylic acids is 1. The molecule has 0 aliphatic carbocycles. The van der Waals surface area contributed by atoms with E-state index in [-0.39, 0.29) is 25.3 Å². The molecule has 34 heavy (non-hydrogen) atoms. The van der Waals surface area contributed by atoms with Crippen LogP contribution in [0.15, 0.2) is 54.6 Å². The third-order valence-electron chi connectivity index (χ3n) is 5.60. The van der Waals surface area contributed by atoms with Crippen molar-refractivity contribution in [1.82, 2.24) is 15.1 Å². The number of carboxylic acid groups (broad SMARTS) is 1. The monoisotopic (exact) mass is 465 g/mol. The average molecular weight is 466 g/mol. The molecule has 1 fully saturated rings. The fourth-order valence-corrected chi connectivity index (χ4v) is 3.93. The van der Waals surface area contributed by atoms with Crippen LogP contribution in [0.25, 0.3) is 0 Å². The van der Waals surface area contributed by atoms with Gasteiger partial charge in [0.25, 0.3) is 5.91 Å². The first-order valence-electron chi connectivity index (χ1n) is 10.9. The summed E-state index contributed by atoms with van der Waals surface area (Å²) >= 11 is 0. The molecule has 1 saturated heterocycles. The van der Waals surface area contributed by atoms with E-state index in [1.165, 1.54) is 21.9 Å². The maximum atomic E-state index is 13.0. The number of carbonyl (C=O) groups is 4. The summed E-state index contributed by atoms with van der Waals surface area (Å²) in [6.45, 7) is 2.04. The van der Waals surface area contributed by atoms with Crippen LogP contribution >= 0.6 is 0 Å². The Kier molecular flexibility index (Phi) is 7.62. The number of aliphatic carboxylic acids is 1. The standard InChI is InChI=1S/C24H27N5O5/c1-2-12-28-19(27-22(32)17-10-8-16(9-11-17)21(25)26)14-29(24(34)23(28)33)18(13-20(30)31)15-6-4-3-5-7-15/h3-11,18-19H,2,12-14H2,1H3,(H3,25,26)(H,27,32)(H,30,31). The molecule has 5 N–H and O–H groups in total. The lowest BCUT2D eigenvalue weighted by atomic mass is 10.00. The van der Waals surface area contributed by atoms with Crippen molar-refractivity contribution in [3.05, 3.63) is 71.3 Å². The summed E-state index contributed by atoms with van der Waals surface area (Å²) in [4.78, 5) is 53.0. The van der Waals surface area contributed by atoms with Gasteiger partial charge >= 0.3 is 17.8 Å². The Labute approximate surface area is 196 Å². The number of nitrogens with zero attached hydrogens (tertiary/aromatic N) is 2. The highest BCUT2D eigenvalue weighted by molar-refractivity contribution is 6.35. The SMILES string of the molecule is CCCN1C(=O)C(=O)N(C(CC(=O)O)c2ccccc2)CC1NC(=O)c1ccc(C(=N)N)cc1. The molecule has 0 radical (unpaired) electrons. The van der Waals surface area contributed by atoms with Crippen LogP contribution in [-0.2, 0) is 14.4 Å². The second-order valence-corrected chi connectivity index (χ2v) is 7.96. The van der Waals surface area contributed by atoms with E-state index >= 15 is 0 Å². The molecular formula is C24H27N5O5. The molecule has 1 aliphatic rings. The molecule has 3 amide bonds. The van der Waals surface area contributed by atoms with Gasteiger partial charge in [0, 0.05) is 17.7 Å². The van der Waals surface area contributed by atoms with Gasteiger partial charge in [-0.25, -0.2) is 0 Å². The Morgan fingerprint density at radius 2 is 1.71 bits per heavy atom. The number of nitrogen functional groups attached to an aromatic ring is 1. The zero-order chi connectivity index (χ0) is 24.8. The van der Waals surface area contributed by atoms with E-state index in [4.69, 9.17) is 11.1 Å². The first-order chi connectivity index (χ1) is 16.2. The number of nitrogens with one attached hydrogen (secondary N) is 2. The number of amides is 3. The molecule has 10 heteroatoms. The minimum Gasteiger partial charge on any atom is -0.481 e. The molecular weight excluding hydrogens is 438 g/mol. The molecule has 2 aromatic rings. The number of hydrogen-bond acceptors (Lipinski definition) is 5. The van der Waals surface area contributed by atoms with Gasteiger partial charge in [-0.2, -0.15) is 0 Å². The Morgan fingerprint density at radius 3 is 2.26 bits per heavy atom. The maximum Gasteiger partial charge on any atom is 0.313 e. The molecule has 178 valence electrons. The van der Waals surface area contributed by atoms with Crippen molar-refractivity contribution in [3.8, 4) is 0 Å². The van der Waals surface area contributed by atoms with Crippen LogP contribution in [0.3, 0.4) is 0 Å². The minimum atomic E-state index is -1.11. The molecule has 0 aromatic heterocycles. The lowest BCUT2D eigenvalue weighted by Gasteiger charge is -2.43. The van der Waals surface area contributed by atoms with Crippen LogP contribution in [0, 0.1) is 5.41 Å². The largest absolute Gasteiger partial charge is 0.481 e. The lowest BCUT2D eigenvalue weighted by molar-refractivity contribution is -0.162. The molecule has 1 heterocycles. The topological polar surface area (TPSA) is 157 Å². The summed E-state index contributed by atoms with van der Waals surface area (Å²) in [6, 6.07) is 13.9. The van der Waals surface area contributed by atoms with Crippen molar-refractivity contribution in [3.63, 3.8) is 0 Å². The van der Waals surface area contributed by atoms with E-state index in [0.717, 1.165) is 0 Å². The first kappa shape index (κ1) is 24.4. The molecule has 0 saturated carbocycles. The summed E-state index contributed by atoms with van der Waals surface area (Å²) in [6.07, 6.45) is -0.662. The van der Waals surface area contributed by atoms with Crippen LogP contribution in [-0.4, -0.2) is 63.7 Å². The Hall–Kier alpha value is -4.21. The summed E-state index contributed by atoms with van der Waals surface area (Å²) in [5, 5.41) is 19.7. The number of piperazine rings is 1. The molecule has 2 unspecified atom stereocenters. The fourth-order valence-electron chi connectivity index (χ4n) is 3.93. The van der Waals surface area contributed by atoms with Gasteiger partial charge in [-0.3, -0.25) is 24.6 Å². The van der Waals surface area contributed by atoms with Crippen LogP contribution in [0.2, 0.25) is 0 Å². The van der Waals surface area contributed by atoms with Crippen LogP contribution in [0.1, 0.15) is 47.3 Å². The van der Waals surface area contributed by atoms with E-state index in [0.29, 0.717) is 23.1 Å². The second kappa shape index (κ2) is 10.6. The van der Waals surface area contributed by atoms with Crippen molar-refractivity contribution in [2.45, 2.75) is 32.0 Å². The predicted molar refractivity (Wildman–Crippen MR) is 124 cm³/mol. The van der Waals surface area contributed by atoms with E-state index < -0.39 is 35.9 Å². The highest BCUT2D eigenvalue weighted by atomic mass is 16.4. The summed E-state index contributed by atoms with van der Waals surface area (Å²) < 4.78 is 0. The van der Waals surface area contributed by atoms with Gasteiger partial charge in [0.1, 0.15) is 12.0 Å². The van der Waals surface area contributed by atoms with Crippen LogP contribution in [0.5, 0.6) is 0 Å². The highest BCUT2D eigenvalue weighted by Crippen LogP contribution is 2.28. The quantitative estimate of drug-likeness (QED) is 0.249.